The first-order chi connectivity index (χ1) is 9.51. The Kier molecular flexibility index (Phi) is 4.14. The maximum absolute atomic E-state index is 13.5. The molecule has 0 radical (unpaired) electrons. The molecule has 0 aromatic heterocycles. The minimum atomic E-state index is -4.45. The molecule has 1 aromatic carbocycles. The van der Waals surface area contributed by atoms with Gasteiger partial charge in [0.25, 0.3) is 0 Å². The summed E-state index contributed by atoms with van der Waals surface area (Å²) in [6.07, 6.45) is -2.19. The largest absolute Gasteiger partial charge is 0.420 e. The summed E-state index contributed by atoms with van der Waals surface area (Å²) in [6.45, 7) is 6.41. The van der Waals surface area contributed by atoms with E-state index in [1.54, 1.807) is 31.8 Å². The molecular weight excluding hydrogens is 295 g/mol. The number of hydrogen-bond acceptors (Lipinski definition) is 2. The Morgan fingerprint density at radius 3 is 2.00 bits per heavy atom. The highest BCUT2D eigenvalue weighted by Crippen LogP contribution is 2.44. The number of hydrogen-bond donors (Lipinski definition) is 1. The van der Waals surface area contributed by atoms with Crippen LogP contribution in [0.5, 0.6) is 0 Å². The van der Waals surface area contributed by atoms with Crippen molar-refractivity contribution in [1.29, 1.82) is 0 Å². The molecule has 21 heavy (non-hydrogen) atoms. The molecule has 1 aliphatic rings. The quantitative estimate of drug-likeness (QED) is 0.781. The predicted octanol–water partition coefficient (Wildman–Crippen LogP) is 4.89. The average Bonchev–Trinajstić information content (AvgIpc) is 3.10. The fraction of sp³-hybridized carbons (Fsp3) is 0.600. The number of nitrogens with one attached hydrogen (secondary N) is 1. The standard InChI is InChI=1S/C15H22F3NOSi/c1-14(15(16,17)18,20-21(2,3)4)11-5-7-12(8-6-11)19-13-9-10-13/h5-8,13,19H,9-10H2,1-4H3. The fourth-order valence-electron chi connectivity index (χ4n) is 2.24. The summed E-state index contributed by atoms with van der Waals surface area (Å²) in [6, 6.07) is 6.90. The number of halogens is 3. The third-order valence-corrected chi connectivity index (χ3v) is 4.46. The van der Waals surface area contributed by atoms with Crippen molar-refractivity contribution in [3.8, 4) is 0 Å². The number of anilines is 1. The van der Waals surface area contributed by atoms with Gasteiger partial charge in [-0.1, -0.05) is 12.1 Å². The zero-order valence-corrected chi connectivity index (χ0v) is 13.8. The minimum Gasteiger partial charge on any atom is -0.401 e. The van der Waals surface area contributed by atoms with Crippen molar-refractivity contribution in [3.05, 3.63) is 29.8 Å². The first-order valence-electron chi connectivity index (χ1n) is 7.15. The molecule has 0 aliphatic heterocycles. The first kappa shape index (κ1) is 16.4. The highest BCUT2D eigenvalue weighted by Gasteiger charge is 2.55. The normalized spacial score (nSPS) is 19.2. The van der Waals surface area contributed by atoms with Crippen LogP contribution >= 0.6 is 0 Å². The monoisotopic (exact) mass is 317 g/mol. The lowest BCUT2D eigenvalue weighted by atomic mass is 9.95. The lowest BCUT2D eigenvalue weighted by molar-refractivity contribution is -0.250. The van der Waals surface area contributed by atoms with Crippen molar-refractivity contribution < 1.29 is 17.6 Å². The Hall–Kier alpha value is -1.01. The van der Waals surface area contributed by atoms with Crippen molar-refractivity contribution in [3.63, 3.8) is 0 Å². The third kappa shape index (κ3) is 4.00. The van der Waals surface area contributed by atoms with Crippen LogP contribution < -0.4 is 5.32 Å². The van der Waals surface area contributed by atoms with Gasteiger partial charge in [0.15, 0.2) is 13.9 Å². The molecule has 118 valence electrons. The molecule has 0 amide bonds. The first-order valence-corrected chi connectivity index (χ1v) is 10.6. The molecule has 2 nitrogen and oxygen atoms in total. The van der Waals surface area contributed by atoms with Crippen molar-refractivity contribution in [2.45, 2.75) is 57.2 Å². The van der Waals surface area contributed by atoms with Gasteiger partial charge in [0.1, 0.15) is 0 Å². The van der Waals surface area contributed by atoms with E-state index in [0.717, 1.165) is 25.5 Å². The topological polar surface area (TPSA) is 21.3 Å². The third-order valence-electron chi connectivity index (χ3n) is 3.44. The molecule has 1 saturated carbocycles. The number of alkyl halides is 3. The van der Waals surface area contributed by atoms with Gasteiger partial charge in [-0.2, -0.15) is 13.2 Å². The van der Waals surface area contributed by atoms with Crippen molar-refractivity contribution in [2.75, 3.05) is 5.32 Å². The maximum Gasteiger partial charge on any atom is 0.420 e. The molecule has 1 N–H and O–H groups in total. The summed E-state index contributed by atoms with van der Waals surface area (Å²) in [5.41, 5.74) is -1.24. The molecule has 0 saturated heterocycles. The molecule has 0 heterocycles. The van der Waals surface area contributed by atoms with Gasteiger partial charge in [-0.15, -0.1) is 0 Å². The minimum absolute atomic E-state index is 0.152. The van der Waals surface area contributed by atoms with Gasteiger partial charge in [0, 0.05) is 11.7 Å². The van der Waals surface area contributed by atoms with Gasteiger partial charge in [-0.3, -0.25) is 0 Å². The van der Waals surface area contributed by atoms with Crippen LogP contribution in [0.15, 0.2) is 24.3 Å². The average molecular weight is 317 g/mol. The predicted molar refractivity (Wildman–Crippen MR) is 80.9 cm³/mol. The van der Waals surface area contributed by atoms with Gasteiger partial charge in [0.2, 0.25) is 0 Å². The van der Waals surface area contributed by atoms with Crippen molar-refractivity contribution >= 4 is 14.0 Å². The van der Waals surface area contributed by atoms with E-state index in [9.17, 15) is 13.2 Å². The molecule has 2 rings (SSSR count). The second kappa shape index (κ2) is 5.32. The molecule has 6 heteroatoms. The smallest absolute Gasteiger partial charge is 0.401 e. The zero-order valence-electron chi connectivity index (χ0n) is 12.8. The van der Waals surface area contributed by atoms with E-state index in [0.29, 0.717) is 6.04 Å². The van der Waals surface area contributed by atoms with Gasteiger partial charge >= 0.3 is 6.18 Å². The Morgan fingerprint density at radius 2 is 1.62 bits per heavy atom. The molecule has 0 bridgehead atoms. The van der Waals surface area contributed by atoms with E-state index in [2.05, 4.69) is 5.32 Å². The summed E-state index contributed by atoms with van der Waals surface area (Å²) >= 11 is 0. The Morgan fingerprint density at radius 1 is 1.10 bits per heavy atom. The van der Waals surface area contributed by atoms with E-state index >= 15 is 0 Å². The van der Waals surface area contributed by atoms with Gasteiger partial charge < -0.3 is 9.74 Å². The van der Waals surface area contributed by atoms with E-state index in [1.807, 2.05) is 0 Å². The highest BCUT2D eigenvalue weighted by molar-refractivity contribution is 6.69. The molecule has 1 fully saturated rings. The fourth-order valence-corrected chi connectivity index (χ4v) is 3.70. The van der Waals surface area contributed by atoms with Crippen LogP contribution in [0.4, 0.5) is 18.9 Å². The lowest BCUT2D eigenvalue weighted by Crippen LogP contribution is -2.48. The number of benzene rings is 1. The summed E-state index contributed by atoms with van der Waals surface area (Å²) in [4.78, 5) is 0. The van der Waals surface area contributed by atoms with E-state index < -0.39 is 20.1 Å². The Labute approximate surface area is 124 Å². The van der Waals surface area contributed by atoms with Crippen molar-refractivity contribution in [2.24, 2.45) is 0 Å². The molecule has 0 spiro atoms. The Bertz CT molecular complexity index is 491. The van der Waals surface area contributed by atoms with Crippen LogP contribution in [0.3, 0.4) is 0 Å². The number of rotatable bonds is 5. The second-order valence-corrected chi connectivity index (χ2v) is 11.2. The van der Waals surface area contributed by atoms with Crippen LogP contribution in [-0.4, -0.2) is 20.5 Å². The summed E-state index contributed by atoms with van der Waals surface area (Å²) < 4.78 is 46.1. The maximum atomic E-state index is 13.5. The van der Waals surface area contributed by atoms with Crippen LogP contribution in [-0.2, 0) is 10.0 Å². The summed E-state index contributed by atoms with van der Waals surface area (Å²) in [5.74, 6) is 0. The zero-order chi connectivity index (χ0) is 15.9. The molecule has 1 aromatic rings. The van der Waals surface area contributed by atoms with Gasteiger partial charge in [-0.05, 0) is 57.1 Å². The molecule has 1 atom stereocenters. The molecule has 1 aliphatic carbocycles. The SMILES string of the molecule is CC(O[Si](C)(C)C)(c1ccc(NC2CC2)cc1)C(F)(F)F. The molecular formula is C15H22F3NOSi. The van der Waals surface area contributed by atoms with E-state index in [1.165, 1.54) is 12.1 Å². The van der Waals surface area contributed by atoms with Crippen LogP contribution in [0.2, 0.25) is 19.6 Å². The lowest BCUT2D eigenvalue weighted by Gasteiger charge is -2.38. The summed E-state index contributed by atoms with van der Waals surface area (Å²) in [7, 11) is -2.35. The van der Waals surface area contributed by atoms with Crippen LogP contribution in [0.25, 0.3) is 0 Å². The molecule has 1 unspecified atom stereocenters. The van der Waals surface area contributed by atoms with Gasteiger partial charge in [0.05, 0.1) is 0 Å². The Balaban J connectivity index is 2.27. The van der Waals surface area contributed by atoms with E-state index in [-0.39, 0.29) is 5.56 Å². The summed E-state index contributed by atoms with van der Waals surface area (Å²) in [5, 5.41) is 3.27. The highest BCUT2D eigenvalue weighted by atomic mass is 28.4. The van der Waals surface area contributed by atoms with E-state index in [4.69, 9.17) is 4.43 Å². The van der Waals surface area contributed by atoms with Crippen LogP contribution in [0, 0.1) is 0 Å². The van der Waals surface area contributed by atoms with Crippen LogP contribution in [0.1, 0.15) is 25.3 Å². The second-order valence-electron chi connectivity index (χ2n) is 6.74. The van der Waals surface area contributed by atoms with Gasteiger partial charge in [-0.25, -0.2) is 0 Å². The van der Waals surface area contributed by atoms with Crippen molar-refractivity contribution in [1.82, 2.24) is 0 Å².